The molecule has 214 valence electrons. The Bertz CT molecular complexity index is 1640. The quantitative estimate of drug-likeness (QED) is 0.241. The van der Waals surface area contributed by atoms with Crippen LogP contribution in [-0.4, -0.2) is 51.4 Å². The van der Waals surface area contributed by atoms with Crippen molar-refractivity contribution in [3.8, 4) is 5.75 Å². The van der Waals surface area contributed by atoms with E-state index in [9.17, 15) is 4.79 Å². The summed E-state index contributed by atoms with van der Waals surface area (Å²) in [5.41, 5.74) is 6.78. The smallest absolute Gasteiger partial charge is 0.281 e. The number of hydrogen-bond donors (Lipinski definition) is 0. The van der Waals surface area contributed by atoms with Crippen molar-refractivity contribution in [3.63, 3.8) is 0 Å². The number of anilines is 2. The molecule has 1 heterocycles. The van der Waals surface area contributed by atoms with Crippen molar-refractivity contribution in [2.24, 2.45) is 11.0 Å². The Kier molecular flexibility index (Phi) is 7.70. The number of amides is 1. The average molecular weight is 559 g/mol. The summed E-state index contributed by atoms with van der Waals surface area (Å²) in [5, 5.41) is 8.97. The van der Waals surface area contributed by atoms with Gasteiger partial charge < -0.3 is 14.5 Å². The Labute approximate surface area is 248 Å². The van der Waals surface area contributed by atoms with Gasteiger partial charge in [0.15, 0.2) is 6.61 Å². The molecule has 0 unspecified atom stereocenters. The molecule has 1 fully saturated rings. The molecule has 2 aliphatic rings. The Balaban J connectivity index is 1.30. The van der Waals surface area contributed by atoms with Crippen molar-refractivity contribution in [2.75, 3.05) is 44.6 Å². The highest BCUT2D eigenvalue weighted by atomic mass is 16.5. The van der Waals surface area contributed by atoms with E-state index >= 15 is 0 Å². The molecule has 6 nitrogen and oxygen atoms in total. The number of ether oxygens (including phenoxy) is 1. The molecule has 0 saturated heterocycles. The minimum Gasteiger partial charge on any atom is -0.484 e. The fourth-order valence-electron chi connectivity index (χ4n) is 6.05. The van der Waals surface area contributed by atoms with E-state index in [1.54, 1.807) is 5.01 Å². The lowest BCUT2D eigenvalue weighted by molar-refractivity contribution is -0.135. The van der Waals surface area contributed by atoms with Crippen molar-refractivity contribution in [3.05, 3.63) is 108 Å². The summed E-state index contributed by atoms with van der Waals surface area (Å²) in [7, 11) is 8.17. The van der Waals surface area contributed by atoms with Crippen LogP contribution in [0.25, 0.3) is 16.8 Å². The van der Waals surface area contributed by atoms with Crippen LogP contribution in [0.5, 0.6) is 5.75 Å². The molecule has 0 N–H and O–H groups in total. The number of nitrogens with zero attached hydrogens (tertiary/aromatic N) is 4. The molecule has 4 aromatic rings. The predicted octanol–water partition coefficient (Wildman–Crippen LogP) is 7.17. The maximum absolute atomic E-state index is 13.8. The molecule has 0 bridgehead atoms. The SMILES string of the molecule is CN(C)c1ccc(/C=C2\CCC[C@@H]3C2=NN(C(=O)COc2ccc4ccccc4c2)[C@H]3c2ccc(N(C)C)cc2)cc1. The molecule has 4 aromatic carbocycles. The molecular formula is C36H38N4O2. The first kappa shape index (κ1) is 27.6. The normalized spacial score (nSPS) is 19.0. The summed E-state index contributed by atoms with van der Waals surface area (Å²) in [6.45, 7) is -0.0703. The molecule has 0 aromatic heterocycles. The minimum absolute atomic E-state index is 0.0703. The number of fused-ring (bicyclic) bond motifs is 2. The highest BCUT2D eigenvalue weighted by Gasteiger charge is 2.43. The molecule has 1 aliphatic heterocycles. The Morgan fingerprint density at radius 1 is 0.881 bits per heavy atom. The molecule has 2 atom stereocenters. The van der Waals surface area contributed by atoms with Gasteiger partial charge in [0.1, 0.15) is 5.75 Å². The second-order valence-corrected chi connectivity index (χ2v) is 11.6. The fourth-order valence-corrected chi connectivity index (χ4v) is 6.05. The molecule has 0 spiro atoms. The van der Waals surface area contributed by atoms with Crippen LogP contribution in [0.4, 0.5) is 11.4 Å². The van der Waals surface area contributed by atoms with Gasteiger partial charge in [-0.25, -0.2) is 5.01 Å². The summed E-state index contributed by atoms with van der Waals surface area (Å²) in [6.07, 6.45) is 5.25. The molecule has 6 rings (SSSR count). The van der Waals surface area contributed by atoms with E-state index < -0.39 is 0 Å². The van der Waals surface area contributed by atoms with Gasteiger partial charge in [0, 0.05) is 45.5 Å². The van der Waals surface area contributed by atoms with Gasteiger partial charge in [-0.15, -0.1) is 0 Å². The van der Waals surface area contributed by atoms with Gasteiger partial charge in [0.25, 0.3) is 5.91 Å². The number of hydrazone groups is 1. The average Bonchev–Trinajstić information content (AvgIpc) is 3.41. The Hall–Kier alpha value is -4.58. The van der Waals surface area contributed by atoms with Gasteiger partial charge >= 0.3 is 0 Å². The molecule has 1 aliphatic carbocycles. The van der Waals surface area contributed by atoms with Crippen molar-refractivity contribution in [2.45, 2.75) is 25.3 Å². The second-order valence-electron chi connectivity index (χ2n) is 11.6. The second kappa shape index (κ2) is 11.7. The summed E-state index contributed by atoms with van der Waals surface area (Å²) < 4.78 is 6.04. The zero-order valence-electron chi connectivity index (χ0n) is 24.8. The number of benzene rings is 4. The largest absolute Gasteiger partial charge is 0.484 e. The zero-order chi connectivity index (χ0) is 29.2. The highest BCUT2D eigenvalue weighted by molar-refractivity contribution is 6.08. The Morgan fingerprint density at radius 3 is 2.24 bits per heavy atom. The molecular weight excluding hydrogens is 520 g/mol. The van der Waals surface area contributed by atoms with Gasteiger partial charge in [-0.2, -0.15) is 5.10 Å². The number of carbonyl (C=O) groups is 1. The maximum Gasteiger partial charge on any atom is 0.281 e. The van der Waals surface area contributed by atoms with E-state index in [-0.39, 0.29) is 24.5 Å². The first-order valence-electron chi connectivity index (χ1n) is 14.6. The van der Waals surface area contributed by atoms with E-state index in [2.05, 4.69) is 76.5 Å². The molecule has 0 radical (unpaired) electrons. The topological polar surface area (TPSA) is 48.4 Å². The van der Waals surface area contributed by atoms with Crippen LogP contribution in [0.1, 0.15) is 36.4 Å². The maximum atomic E-state index is 13.8. The molecule has 1 saturated carbocycles. The predicted molar refractivity (Wildman–Crippen MR) is 173 cm³/mol. The number of carbonyl (C=O) groups excluding carboxylic acids is 1. The fraction of sp³-hybridized carbons (Fsp3) is 0.278. The van der Waals surface area contributed by atoms with Crippen LogP contribution in [0.3, 0.4) is 0 Å². The third-order valence-corrected chi connectivity index (χ3v) is 8.34. The van der Waals surface area contributed by atoms with Crippen LogP contribution >= 0.6 is 0 Å². The highest BCUT2D eigenvalue weighted by Crippen LogP contribution is 2.44. The van der Waals surface area contributed by atoms with E-state index in [0.717, 1.165) is 52.6 Å². The summed E-state index contributed by atoms with van der Waals surface area (Å²) >= 11 is 0. The third kappa shape index (κ3) is 5.62. The van der Waals surface area contributed by atoms with E-state index in [1.807, 2.05) is 58.5 Å². The lowest BCUT2D eigenvalue weighted by Crippen LogP contribution is -2.34. The lowest BCUT2D eigenvalue weighted by Gasteiger charge is -2.30. The summed E-state index contributed by atoms with van der Waals surface area (Å²) in [6, 6.07) is 31.0. The van der Waals surface area contributed by atoms with E-state index in [4.69, 9.17) is 9.84 Å². The van der Waals surface area contributed by atoms with Crippen LogP contribution in [0, 0.1) is 5.92 Å². The van der Waals surface area contributed by atoms with E-state index in [1.165, 1.54) is 11.3 Å². The van der Waals surface area contributed by atoms with Crippen LogP contribution in [0.2, 0.25) is 0 Å². The number of rotatable bonds is 7. The monoisotopic (exact) mass is 558 g/mol. The van der Waals surface area contributed by atoms with E-state index in [0.29, 0.717) is 5.75 Å². The van der Waals surface area contributed by atoms with Crippen molar-refractivity contribution < 1.29 is 9.53 Å². The third-order valence-electron chi connectivity index (χ3n) is 8.34. The Morgan fingerprint density at radius 2 is 1.55 bits per heavy atom. The molecule has 42 heavy (non-hydrogen) atoms. The number of hydrogen-bond acceptors (Lipinski definition) is 5. The number of allylic oxidation sites excluding steroid dienone is 1. The van der Waals surface area contributed by atoms with Crippen molar-refractivity contribution in [1.82, 2.24) is 5.01 Å². The van der Waals surface area contributed by atoms with Crippen molar-refractivity contribution >= 4 is 39.8 Å². The van der Waals surface area contributed by atoms with Crippen LogP contribution in [0.15, 0.2) is 102 Å². The lowest BCUT2D eigenvalue weighted by atomic mass is 9.77. The van der Waals surface area contributed by atoms with Crippen LogP contribution < -0.4 is 14.5 Å². The van der Waals surface area contributed by atoms with Crippen LogP contribution in [-0.2, 0) is 4.79 Å². The van der Waals surface area contributed by atoms with Gasteiger partial charge in [-0.3, -0.25) is 4.79 Å². The summed E-state index contributed by atoms with van der Waals surface area (Å²) in [5.74, 6) is 0.683. The van der Waals surface area contributed by atoms with Gasteiger partial charge in [0.2, 0.25) is 0 Å². The van der Waals surface area contributed by atoms with Gasteiger partial charge in [-0.1, -0.05) is 54.6 Å². The van der Waals surface area contributed by atoms with Gasteiger partial charge in [0.05, 0.1) is 11.8 Å². The first-order chi connectivity index (χ1) is 20.4. The zero-order valence-corrected chi connectivity index (χ0v) is 24.8. The van der Waals surface area contributed by atoms with Gasteiger partial charge in [-0.05, 0) is 89.2 Å². The molecule has 1 amide bonds. The minimum atomic E-state index is -0.163. The summed E-state index contributed by atoms with van der Waals surface area (Å²) in [4.78, 5) is 18.0. The molecule has 6 heteroatoms. The standard InChI is InChI=1S/C36H38N4O2/c1-38(2)30-17-12-25(13-18-30)22-29-10-7-11-33-35(29)37-40(36(33)27-14-19-31(20-15-27)39(3)4)34(41)24-42-32-21-16-26-8-5-6-9-28(26)23-32/h5-6,8-9,12-23,33,36H,7,10-11,24H2,1-4H3/b29-22+/t33-,36+/m1/s1. The first-order valence-corrected chi connectivity index (χ1v) is 14.6. The van der Waals surface area contributed by atoms with Crippen molar-refractivity contribution in [1.29, 1.82) is 0 Å².